The van der Waals surface area contributed by atoms with Gasteiger partial charge in [-0.2, -0.15) is 5.10 Å². The van der Waals surface area contributed by atoms with Crippen LogP contribution in [0.2, 0.25) is 0 Å². The molecule has 0 N–H and O–H groups in total. The van der Waals surface area contributed by atoms with Gasteiger partial charge >= 0.3 is 11.9 Å². The number of para-hydroxylation sites is 1. The number of rotatable bonds is 21. The molecular weight excluding hydrogens is 847 g/mol. The average molecular weight is 922 g/mol. The maximum absolute atomic E-state index is 14.6. The third kappa shape index (κ3) is 13.1. The zero-order valence-corrected chi connectivity index (χ0v) is 40.7. The number of likely N-dealkylation sites (tertiary alicyclic amines) is 2. The second kappa shape index (κ2) is 24.3. The molecule has 1 atom stereocenters. The number of hydrogen-bond acceptors (Lipinski definition) is 10. The molecule has 5 heterocycles. The van der Waals surface area contributed by atoms with E-state index < -0.39 is 5.92 Å². The number of fused-ring (bicyclic) bond motifs is 2. The lowest BCUT2D eigenvalue weighted by molar-refractivity contribution is -0.148. The molecule has 67 heavy (non-hydrogen) atoms. The summed E-state index contributed by atoms with van der Waals surface area (Å²) in [6, 6.07) is 14.3. The van der Waals surface area contributed by atoms with Crippen molar-refractivity contribution >= 4 is 45.6 Å². The van der Waals surface area contributed by atoms with Crippen LogP contribution in [0.3, 0.4) is 0 Å². The third-order valence-corrected chi connectivity index (χ3v) is 14.6. The number of carbonyl (C=O) groups is 4. The van der Waals surface area contributed by atoms with Crippen LogP contribution in [0.4, 0.5) is 0 Å². The van der Waals surface area contributed by atoms with Crippen molar-refractivity contribution in [1.82, 2.24) is 33.9 Å². The molecule has 14 nitrogen and oxygen atoms in total. The first kappa shape index (κ1) is 49.8. The largest absolute Gasteiger partial charge is 0.444 e. The number of aromatic nitrogens is 3. The molecule has 3 fully saturated rings. The number of aryl methyl sites for hydroxylation is 1. The lowest BCUT2D eigenvalue weighted by Gasteiger charge is -2.43. The number of carbonyl (C=O) groups excluding carboxylic acids is 4. The molecule has 3 aliphatic rings. The fourth-order valence-electron chi connectivity index (χ4n) is 10.6. The molecule has 4 aromatic rings. The molecule has 2 aromatic heterocycles. The highest BCUT2D eigenvalue weighted by atomic mass is 16.5. The summed E-state index contributed by atoms with van der Waals surface area (Å²) >= 11 is 0. The Bertz CT molecular complexity index is 2350. The van der Waals surface area contributed by atoms with Gasteiger partial charge in [0.2, 0.25) is 11.8 Å². The Kier molecular flexibility index (Phi) is 18.0. The van der Waals surface area contributed by atoms with Crippen molar-refractivity contribution in [2.45, 2.75) is 149 Å². The minimum absolute atomic E-state index is 0.0177. The molecule has 0 bridgehead atoms. The molecule has 14 heteroatoms. The summed E-state index contributed by atoms with van der Waals surface area (Å²) in [7, 11) is 2.18. The second-order valence-electron chi connectivity index (χ2n) is 19.5. The van der Waals surface area contributed by atoms with Crippen molar-refractivity contribution in [3.05, 3.63) is 75.7 Å². The van der Waals surface area contributed by atoms with Crippen molar-refractivity contribution in [2.24, 2.45) is 5.92 Å². The van der Waals surface area contributed by atoms with Gasteiger partial charge in [-0.05, 0) is 113 Å². The van der Waals surface area contributed by atoms with E-state index in [4.69, 9.17) is 9.47 Å². The molecule has 0 aliphatic carbocycles. The Morgan fingerprint density at radius 2 is 1.39 bits per heavy atom. The zero-order chi connectivity index (χ0) is 47.3. The summed E-state index contributed by atoms with van der Waals surface area (Å²) in [6.45, 7) is 12.3. The second-order valence-corrected chi connectivity index (χ2v) is 19.5. The first-order valence-electron chi connectivity index (χ1n) is 25.4. The highest BCUT2D eigenvalue weighted by Gasteiger charge is 2.34. The molecule has 0 radical (unpaired) electrons. The number of hydrogen-bond donors (Lipinski definition) is 0. The normalized spacial score (nSPS) is 17.3. The number of amides is 2. The Labute approximate surface area is 396 Å². The van der Waals surface area contributed by atoms with E-state index in [0.717, 1.165) is 117 Å². The molecule has 3 aliphatic heterocycles. The number of pyridine rings is 1. The molecule has 2 amide bonds. The van der Waals surface area contributed by atoms with Gasteiger partial charge in [-0.1, -0.05) is 76.6 Å². The van der Waals surface area contributed by atoms with Gasteiger partial charge in [-0.25, -0.2) is 4.68 Å². The lowest BCUT2D eigenvalue weighted by Crippen LogP contribution is -2.55. The summed E-state index contributed by atoms with van der Waals surface area (Å²) < 4.78 is 14.5. The van der Waals surface area contributed by atoms with E-state index in [1.807, 2.05) is 47.1 Å². The van der Waals surface area contributed by atoms with Gasteiger partial charge in [0, 0.05) is 75.5 Å². The Balaban J connectivity index is 1.02. The van der Waals surface area contributed by atoms with Gasteiger partial charge in [-0.15, -0.1) is 0 Å². The number of nitrogens with zero attached hydrogens (tertiary/aromatic N) is 7. The maximum atomic E-state index is 14.6. The predicted molar refractivity (Wildman–Crippen MR) is 261 cm³/mol. The molecule has 2 aromatic carbocycles. The topological polar surface area (TPSA) is 140 Å². The summed E-state index contributed by atoms with van der Waals surface area (Å²) in [4.78, 5) is 76.9. The lowest BCUT2D eigenvalue weighted by atomic mass is 9.88. The van der Waals surface area contributed by atoms with Crippen molar-refractivity contribution < 1.29 is 28.7 Å². The van der Waals surface area contributed by atoms with Gasteiger partial charge in [0.25, 0.3) is 5.56 Å². The van der Waals surface area contributed by atoms with Gasteiger partial charge in [0.05, 0.1) is 23.1 Å². The SMILES string of the molecule is CCCCCCCC(=O)OCn1ncc2cc(C[C@@H](CC(=O)N3CCC(c4cc5ccccc5n(COC(=O)CCCCC)c4=O)CC3)C(=O)N3CCN(C4CCN(C)CC4)CC3)cc(C)c21. The minimum Gasteiger partial charge on any atom is -0.444 e. The number of piperidine rings is 2. The Morgan fingerprint density at radius 1 is 0.731 bits per heavy atom. The molecular formula is C53H75N7O7. The van der Waals surface area contributed by atoms with E-state index in [0.29, 0.717) is 69.9 Å². The number of esters is 2. The Hall–Kier alpha value is -5.08. The summed E-state index contributed by atoms with van der Waals surface area (Å²) in [5, 5.41) is 6.37. The highest BCUT2D eigenvalue weighted by molar-refractivity contribution is 5.87. The predicted octanol–water partition coefficient (Wildman–Crippen LogP) is 7.80. The quantitative estimate of drug-likeness (QED) is 0.0601. The molecule has 364 valence electrons. The molecule has 0 unspecified atom stereocenters. The fraction of sp³-hybridized carbons (Fsp3) is 0.623. The van der Waals surface area contributed by atoms with E-state index in [-0.39, 0.29) is 55.1 Å². The molecule has 0 spiro atoms. The first-order chi connectivity index (χ1) is 32.5. The summed E-state index contributed by atoms with van der Waals surface area (Å²) in [5.41, 5.74) is 4.03. The average Bonchev–Trinajstić information content (AvgIpc) is 3.76. The van der Waals surface area contributed by atoms with Crippen LogP contribution in [0.25, 0.3) is 21.8 Å². The van der Waals surface area contributed by atoms with Crippen molar-refractivity contribution in [3.63, 3.8) is 0 Å². The summed E-state index contributed by atoms with van der Waals surface area (Å²) in [5.74, 6) is -1.18. The molecule has 3 saturated heterocycles. The monoisotopic (exact) mass is 922 g/mol. The zero-order valence-electron chi connectivity index (χ0n) is 40.7. The highest BCUT2D eigenvalue weighted by Crippen LogP contribution is 2.31. The van der Waals surface area contributed by atoms with Crippen LogP contribution in [0.1, 0.15) is 133 Å². The van der Waals surface area contributed by atoms with E-state index in [1.165, 1.54) is 6.42 Å². The Morgan fingerprint density at radius 3 is 2.10 bits per heavy atom. The van der Waals surface area contributed by atoms with Gasteiger partial charge in [-0.3, -0.25) is 33.4 Å². The van der Waals surface area contributed by atoms with Gasteiger partial charge < -0.3 is 24.2 Å². The van der Waals surface area contributed by atoms with Crippen LogP contribution in [0, 0.1) is 12.8 Å². The number of ether oxygens (including phenoxy) is 2. The summed E-state index contributed by atoms with van der Waals surface area (Å²) in [6.07, 6.45) is 14.5. The van der Waals surface area contributed by atoms with Crippen LogP contribution >= 0.6 is 0 Å². The smallest absolute Gasteiger partial charge is 0.307 e. The van der Waals surface area contributed by atoms with Gasteiger partial charge in [0.15, 0.2) is 13.5 Å². The fourth-order valence-corrected chi connectivity index (χ4v) is 10.6. The van der Waals surface area contributed by atoms with E-state index in [9.17, 15) is 24.0 Å². The van der Waals surface area contributed by atoms with Crippen LogP contribution < -0.4 is 5.56 Å². The van der Waals surface area contributed by atoms with E-state index in [2.05, 4.69) is 47.9 Å². The van der Waals surface area contributed by atoms with Crippen LogP contribution in [-0.2, 0) is 48.5 Å². The van der Waals surface area contributed by atoms with E-state index in [1.54, 1.807) is 15.4 Å². The number of benzene rings is 2. The van der Waals surface area contributed by atoms with Crippen molar-refractivity contribution in [2.75, 3.05) is 59.4 Å². The maximum Gasteiger partial charge on any atom is 0.307 e. The third-order valence-electron chi connectivity index (χ3n) is 14.6. The van der Waals surface area contributed by atoms with E-state index >= 15 is 0 Å². The van der Waals surface area contributed by atoms with Crippen molar-refractivity contribution in [3.8, 4) is 0 Å². The standard InChI is InChI=1S/C53H75N7O7/c1-5-7-9-10-12-18-50(63)67-38-60-51-39(3)31-40(33-44(51)36-54-60)32-43(52(64)58-29-27-56(28-30-58)45-21-23-55(4)24-22-45)35-48(61)57-25-19-41(20-26-57)46-34-42-15-13-14-16-47(42)59(53(46)65)37-66-49(62)17-11-8-6-2/h13-16,31,33-34,36,41,43,45H,5-12,17-30,32,35,37-38H2,1-4H3/t43-/m0/s1. The van der Waals surface area contributed by atoms with Crippen LogP contribution in [0.15, 0.2) is 53.5 Å². The number of unbranched alkanes of at least 4 members (excludes halogenated alkanes) is 6. The van der Waals surface area contributed by atoms with Gasteiger partial charge in [0.1, 0.15) is 0 Å². The van der Waals surface area contributed by atoms with Crippen LogP contribution in [-0.4, -0.2) is 123 Å². The number of piperazine rings is 1. The molecule has 7 rings (SSSR count). The molecule has 0 saturated carbocycles. The minimum atomic E-state index is -0.553. The van der Waals surface area contributed by atoms with Crippen LogP contribution in [0.5, 0.6) is 0 Å². The van der Waals surface area contributed by atoms with Crippen molar-refractivity contribution in [1.29, 1.82) is 0 Å². The first-order valence-corrected chi connectivity index (χ1v) is 25.4.